The normalized spacial score (nSPS) is 13.2. The predicted octanol–water partition coefficient (Wildman–Crippen LogP) is 0.875. The Hall–Kier alpha value is -3.18. The van der Waals surface area contributed by atoms with Gasteiger partial charge in [-0.2, -0.15) is 0 Å². The van der Waals surface area contributed by atoms with E-state index < -0.39 is 0 Å². The molecule has 0 saturated carbocycles. The van der Waals surface area contributed by atoms with Crippen LogP contribution in [0.5, 0.6) is 0 Å². The predicted molar refractivity (Wildman–Crippen MR) is 74.4 cm³/mol. The Morgan fingerprint density at radius 2 is 2.05 bits per heavy atom. The lowest BCUT2D eigenvalue weighted by molar-refractivity contribution is 0.103. The van der Waals surface area contributed by atoms with Crippen LogP contribution in [0.25, 0.3) is 5.70 Å². The summed E-state index contributed by atoms with van der Waals surface area (Å²) in [7, 11) is 0. The largest absolute Gasteiger partial charge is 0.287 e. The quantitative estimate of drug-likeness (QED) is 0.651. The van der Waals surface area contributed by atoms with Crippen molar-refractivity contribution in [1.82, 2.24) is 9.55 Å². The van der Waals surface area contributed by atoms with Gasteiger partial charge in [0.2, 0.25) is 5.78 Å². The Morgan fingerprint density at radius 1 is 1.29 bits per heavy atom. The Morgan fingerprint density at radius 3 is 2.76 bits per heavy atom. The van der Waals surface area contributed by atoms with Crippen LogP contribution in [0.4, 0.5) is 0 Å². The molecule has 2 aromatic rings. The third-order valence-electron chi connectivity index (χ3n) is 3.10. The Kier molecular flexibility index (Phi) is 3.10. The highest BCUT2D eigenvalue weighted by atomic mass is 16.1. The van der Waals surface area contributed by atoms with Gasteiger partial charge in [0.05, 0.1) is 5.70 Å². The molecule has 1 N–H and O–H groups in total. The number of benzene rings is 1. The first-order valence-electron chi connectivity index (χ1n) is 6.15. The van der Waals surface area contributed by atoms with Crippen molar-refractivity contribution in [3.8, 4) is 0 Å². The van der Waals surface area contributed by atoms with Crippen molar-refractivity contribution in [1.29, 1.82) is 5.41 Å². The van der Waals surface area contributed by atoms with Crippen LogP contribution in [0.2, 0.25) is 0 Å². The highest BCUT2D eigenvalue weighted by Crippen LogP contribution is 2.17. The van der Waals surface area contributed by atoms with Gasteiger partial charge in [-0.1, -0.05) is 30.3 Å². The smallest absolute Gasteiger partial charge is 0.215 e. The van der Waals surface area contributed by atoms with E-state index in [2.05, 4.69) is 26.3 Å². The molecule has 1 aliphatic heterocycles. The number of hydrogen-bond donors (Lipinski definition) is 1. The fourth-order valence-corrected chi connectivity index (χ4v) is 2.00. The first-order chi connectivity index (χ1) is 10.2. The van der Waals surface area contributed by atoms with Gasteiger partial charge < -0.3 is 0 Å². The number of imidazole rings is 1. The maximum Gasteiger partial charge on any atom is 0.215 e. The Bertz CT molecular complexity index is 916. The third kappa shape index (κ3) is 2.11. The lowest BCUT2D eigenvalue weighted by Crippen LogP contribution is -2.30. The van der Waals surface area contributed by atoms with E-state index >= 15 is 0 Å². The van der Waals surface area contributed by atoms with E-state index in [1.165, 1.54) is 6.33 Å². The zero-order chi connectivity index (χ0) is 14.8. The Labute approximate surface area is 119 Å². The lowest BCUT2D eigenvalue weighted by atomic mass is 10.1. The minimum absolute atomic E-state index is 0.192. The Balaban J connectivity index is 2.20. The molecule has 0 aliphatic carbocycles. The number of carbonyl (C=O) groups is 1. The molecule has 0 fully saturated rings. The van der Waals surface area contributed by atoms with Crippen LogP contribution in [-0.4, -0.2) is 21.2 Å². The molecule has 3 rings (SSSR count). The number of carbonyl (C=O) groups excluding carboxylic acids is 1. The number of ketones is 1. The minimum atomic E-state index is -0.242. The lowest BCUT2D eigenvalue weighted by Gasteiger charge is -2.05. The molecule has 21 heavy (non-hydrogen) atoms. The first-order valence-corrected chi connectivity index (χ1v) is 6.15. The SMILES string of the molecule is CC1=C(C(=O)c2ccccc2)N=NN=c2c(=C=N)ncn21. The number of rotatable bonds is 2. The van der Waals surface area contributed by atoms with E-state index in [1.807, 2.05) is 6.07 Å². The van der Waals surface area contributed by atoms with Gasteiger partial charge in [-0.05, 0) is 12.1 Å². The third-order valence-corrected chi connectivity index (χ3v) is 3.10. The van der Waals surface area contributed by atoms with E-state index in [-0.39, 0.29) is 16.8 Å². The summed E-state index contributed by atoms with van der Waals surface area (Å²) < 4.78 is 1.58. The van der Waals surface area contributed by atoms with Crippen LogP contribution in [0.3, 0.4) is 0 Å². The molecule has 7 heteroatoms. The molecule has 7 nitrogen and oxygen atoms in total. The second kappa shape index (κ2) is 5.07. The van der Waals surface area contributed by atoms with Crippen molar-refractivity contribution in [2.75, 3.05) is 0 Å². The minimum Gasteiger partial charge on any atom is -0.287 e. The molecule has 102 valence electrons. The number of Topliss-reactive ketones (excluding diaryl/α,β-unsaturated/α-hetero) is 1. The van der Waals surface area contributed by atoms with Crippen molar-refractivity contribution < 1.29 is 4.79 Å². The second-order valence-corrected chi connectivity index (χ2v) is 4.33. The van der Waals surface area contributed by atoms with Gasteiger partial charge in [-0.25, -0.2) is 4.98 Å². The van der Waals surface area contributed by atoms with Gasteiger partial charge in [-0.15, -0.1) is 10.2 Å². The molecule has 0 radical (unpaired) electrons. The molecule has 0 bridgehead atoms. The molecule has 1 aromatic carbocycles. The molecule has 0 amide bonds. The standard InChI is InChI=1S/C14H10N6O/c1-9-12(13(21)10-5-3-2-4-6-10)17-19-18-14-11(7-15)16-8-20(9)14/h2-6,8,15H,1H3. The molecular weight excluding hydrogens is 268 g/mol. The van der Waals surface area contributed by atoms with Crippen LogP contribution in [0, 0.1) is 5.41 Å². The first kappa shape index (κ1) is 12.8. The van der Waals surface area contributed by atoms with Crippen LogP contribution in [0.15, 0.2) is 57.8 Å². The van der Waals surface area contributed by atoms with Crippen LogP contribution in [0.1, 0.15) is 17.3 Å². The summed E-state index contributed by atoms with van der Waals surface area (Å²) in [6.07, 6.45) is 1.47. The van der Waals surface area contributed by atoms with Gasteiger partial charge in [-0.3, -0.25) is 14.8 Å². The summed E-state index contributed by atoms with van der Waals surface area (Å²) in [6.45, 7) is 1.73. The van der Waals surface area contributed by atoms with Crippen molar-refractivity contribution in [3.05, 3.63) is 58.8 Å². The van der Waals surface area contributed by atoms with Crippen molar-refractivity contribution in [3.63, 3.8) is 0 Å². The number of nitrogens with zero attached hydrogens (tertiary/aromatic N) is 5. The van der Waals surface area contributed by atoms with E-state index in [0.717, 1.165) is 0 Å². The number of fused-ring (bicyclic) bond motifs is 1. The molecule has 0 atom stereocenters. The molecule has 1 aromatic heterocycles. The maximum absolute atomic E-state index is 12.5. The molecule has 2 heterocycles. The summed E-state index contributed by atoms with van der Waals surface area (Å²) in [4.78, 5) is 16.5. The van der Waals surface area contributed by atoms with E-state index in [9.17, 15) is 4.79 Å². The molecule has 0 saturated heterocycles. The summed E-state index contributed by atoms with van der Waals surface area (Å²) in [6, 6.07) is 8.83. The van der Waals surface area contributed by atoms with Crippen molar-refractivity contribution in [2.45, 2.75) is 6.92 Å². The van der Waals surface area contributed by atoms with Gasteiger partial charge in [0.15, 0.2) is 16.5 Å². The monoisotopic (exact) mass is 278 g/mol. The number of aromatic nitrogens is 2. The van der Waals surface area contributed by atoms with Crippen LogP contribution >= 0.6 is 0 Å². The highest BCUT2D eigenvalue weighted by molar-refractivity contribution is 6.11. The fourth-order valence-electron chi connectivity index (χ4n) is 2.00. The molecular formula is C14H10N6O. The fraction of sp³-hybridized carbons (Fsp3) is 0.0714. The van der Waals surface area contributed by atoms with Crippen molar-refractivity contribution in [2.24, 2.45) is 15.4 Å². The summed E-state index contributed by atoms with van der Waals surface area (Å²) in [5.74, 6) is 1.93. The van der Waals surface area contributed by atoms with Gasteiger partial charge in [0.25, 0.3) is 0 Å². The van der Waals surface area contributed by atoms with E-state index in [1.54, 1.807) is 35.8 Å². The maximum atomic E-state index is 12.5. The average molecular weight is 278 g/mol. The number of hydrogen-bond acceptors (Lipinski definition) is 6. The van der Waals surface area contributed by atoms with Crippen molar-refractivity contribution >= 4 is 17.4 Å². The van der Waals surface area contributed by atoms with Gasteiger partial charge >= 0.3 is 0 Å². The summed E-state index contributed by atoms with van der Waals surface area (Å²) in [5.41, 5.74) is 1.60. The van der Waals surface area contributed by atoms with Gasteiger partial charge in [0.1, 0.15) is 6.33 Å². The molecule has 0 unspecified atom stereocenters. The molecule has 0 spiro atoms. The van der Waals surface area contributed by atoms with Gasteiger partial charge in [0, 0.05) is 11.4 Å². The van der Waals surface area contributed by atoms with Crippen LogP contribution in [-0.2, 0) is 0 Å². The van der Waals surface area contributed by atoms with E-state index in [4.69, 9.17) is 5.41 Å². The molecule has 1 aliphatic rings. The second-order valence-electron chi connectivity index (χ2n) is 4.33. The summed E-state index contributed by atoms with van der Waals surface area (Å²) in [5, 5.41) is 18.8. The number of allylic oxidation sites excluding steroid dienone is 2. The average Bonchev–Trinajstić information content (AvgIpc) is 2.87. The van der Waals surface area contributed by atoms with E-state index in [0.29, 0.717) is 16.7 Å². The highest BCUT2D eigenvalue weighted by Gasteiger charge is 2.18. The topological polar surface area (TPSA) is 95.8 Å². The zero-order valence-corrected chi connectivity index (χ0v) is 11.1. The zero-order valence-electron chi connectivity index (χ0n) is 11.1. The van der Waals surface area contributed by atoms with Crippen LogP contribution < -0.4 is 10.8 Å². The summed E-state index contributed by atoms with van der Waals surface area (Å²) >= 11 is 0. The number of nitrogens with one attached hydrogen (secondary N) is 1.